The Morgan fingerprint density at radius 2 is 2.19 bits per heavy atom. The van der Waals surface area contributed by atoms with Crippen LogP contribution in [0.15, 0.2) is 17.2 Å². The van der Waals surface area contributed by atoms with Crippen LogP contribution >= 0.6 is 0 Å². The number of nitrogens with one attached hydrogen (secondary N) is 1. The maximum Gasteiger partial charge on any atom is 0.352 e. The zero-order valence-corrected chi connectivity index (χ0v) is 13.2. The first kappa shape index (κ1) is 16.2. The van der Waals surface area contributed by atoms with Crippen LogP contribution < -0.4 is 4.72 Å². The Balaban J connectivity index is 2.14. The van der Waals surface area contributed by atoms with Gasteiger partial charge in [0.15, 0.2) is 0 Å². The van der Waals surface area contributed by atoms with Gasteiger partial charge in [-0.2, -0.15) is 0 Å². The second kappa shape index (κ2) is 6.29. The van der Waals surface area contributed by atoms with Crippen LogP contribution in [-0.2, 0) is 20.8 Å². The quantitative estimate of drug-likeness (QED) is 0.723. The number of carboxylic acid groups (broad SMARTS) is 1. The molecule has 1 heterocycles. The molecule has 1 aromatic rings. The Morgan fingerprint density at radius 1 is 1.52 bits per heavy atom. The average Bonchev–Trinajstić information content (AvgIpc) is 3.15. The van der Waals surface area contributed by atoms with Crippen molar-refractivity contribution in [1.82, 2.24) is 9.29 Å². The Labute approximate surface area is 125 Å². The molecule has 0 bridgehead atoms. The summed E-state index contributed by atoms with van der Waals surface area (Å²) in [6, 6.07) is 1.24. The van der Waals surface area contributed by atoms with Crippen LogP contribution in [0.1, 0.15) is 36.3 Å². The molecule has 1 aliphatic carbocycles. The summed E-state index contributed by atoms with van der Waals surface area (Å²) in [6.45, 7) is 1.83. The van der Waals surface area contributed by atoms with Crippen LogP contribution in [0, 0.1) is 0 Å². The lowest BCUT2D eigenvalue weighted by molar-refractivity contribution is 0.0685. The van der Waals surface area contributed by atoms with E-state index in [0.717, 1.165) is 12.8 Å². The van der Waals surface area contributed by atoms with E-state index in [0.29, 0.717) is 5.75 Å². The van der Waals surface area contributed by atoms with E-state index in [1.54, 1.807) is 6.92 Å². The highest BCUT2D eigenvalue weighted by atomic mass is 32.2. The lowest BCUT2D eigenvalue weighted by atomic mass is 10.4. The molecule has 118 valence electrons. The molecule has 0 spiro atoms. The van der Waals surface area contributed by atoms with E-state index < -0.39 is 26.8 Å². The lowest BCUT2D eigenvalue weighted by Crippen LogP contribution is -2.28. The van der Waals surface area contributed by atoms with Crippen LogP contribution in [0.5, 0.6) is 0 Å². The van der Waals surface area contributed by atoms with Crippen molar-refractivity contribution in [3.05, 3.63) is 18.0 Å². The third-order valence-corrected chi connectivity index (χ3v) is 5.97. The molecule has 21 heavy (non-hydrogen) atoms. The van der Waals surface area contributed by atoms with Gasteiger partial charge in [-0.15, -0.1) is 0 Å². The molecule has 1 aromatic heterocycles. The minimum atomic E-state index is -3.77. The zero-order chi connectivity index (χ0) is 15.6. The van der Waals surface area contributed by atoms with Gasteiger partial charge in [-0.3, -0.25) is 4.21 Å². The van der Waals surface area contributed by atoms with E-state index >= 15 is 0 Å². The van der Waals surface area contributed by atoms with Crippen molar-refractivity contribution < 1.29 is 22.5 Å². The topological polar surface area (TPSA) is 105 Å². The van der Waals surface area contributed by atoms with E-state index in [1.165, 1.54) is 16.8 Å². The van der Waals surface area contributed by atoms with E-state index in [2.05, 4.69) is 4.72 Å². The minimum absolute atomic E-state index is 0.0185. The standard InChI is InChI=1S/C12H18N2O5S2/c1-2-20(17)6-5-13-21(18,19)10-7-11(12(15)16)14(8-10)9-3-4-9/h7-9,13H,2-6H2,1H3,(H,15,16). The maximum atomic E-state index is 12.1. The number of nitrogens with zero attached hydrogens (tertiary/aromatic N) is 1. The van der Waals surface area contributed by atoms with E-state index in [1.807, 2.05) is 0 Å². The summed E-state index contributed by atoms with van der Waals surface area (Å²) in [5.41, 5.74) is -0.0185. The average molecular weight is 334 g/mol. The Kier molecular flexibility index (Phi) is 4.84. The van der Waals surface area contributed by atoms with Crippen molar-refractivity contribution in [1.29, 1.82) is 0 Å². The van der Waals surface area contributed by atoms with Crippen LogP contribution in [0.25, 0.3) is 0 Å². The molecular weight excluding hydrogens is 316 g/mol. The monoisotopic (exact) mass is 334 g/mol. The first-order valence-corrected chi connectivity index (χ1v) is 9.62. The number of sulfonamides is 1. The number of aromatic carboxylic acids is 1. The van der Waals surface area contributed by atoms with Crippen LogP contribution in [0.2, 0.25) is 0 Å². The summed E-state index contributed by atoms with van der Waals surface area (Å²) in [4.78, 5) is 11.1. The number of carbonyl (C=O) groups is 1. The summed E-state index contributed by atoms with van der Waals surface area (Å²) in [5.74, 6) is -0.427. The van der Waals surface area contributed by atoms with Gasteiger partial charge in [-0.1, -0.05) is 6.92 Å². The van der Waals surface area contributed by atoms with Gasteiger partial charge in [0.25, 0.3) is 0 Å². The van der Waals surface area contributed by atoms with E-state index in [9.17, 15) is 17.4 Å². The fraction of sp³-hybridized carbons (Fsp3) is 0.583. The zero-order valence-electron chi connectivity index (χ0n) is 11.6. The lowest BCUT2D eigenvalue weighted by Gasteiger charge is -2.04. The summed E-state index contributed by atoms with van der Waals surface area (Å²) < 4.78 is 39.4. The van der Waals surface area contributed by atoms with Gasteiger partial charge >= 0.3 is 5.97 Å². The molecule has 1 atom stereocenters. The Morgan fingerprint density at radius 3 is 2.71 bits per heavy atom. The molecule has 2 N–H and O–H groups in total. The number of rotatable bonds is 8. The highest BCUT2D eigenvalue weighted by molar-refractivity contribution is 7.89. The van der Waals surface area contributed by atoms with Gasteiger partial charge in [0, 0.05) is 41.1 Å². The molecule has 1 aliphatic rings. The van der Waals surface area contributed by atoms with Crippen molar-refractivity contribution in [2.45, 2.75) is 30.7 Å². The van der Waals surface area contributed by atoms with Gasteiger partial charge in [0.2, 0.25) is 10.0 Å². The van der Waals surface area contributed by atoms with Crippen LogP contribution in [-0.4, -0.2) is 46.3 Å². The third kappa shape index (κ3) is 3.92. The van der Waals surface area contributed by atoms with Gasteiger partial charge in [-0.05, 0) is 18.9 Å². The molecule has 1 unspecified atom stereocenters. The van der Waals surface area contributed by atoms with Crippen LogP contribution in [0.3, 0.4) is 0 Å². The van der Waals surface area contributed by atoms with Crippen LogP contribution in [0.4, 0.5) is 0 Å². The minimum Gasteiger partial charge on any atom is -0.477 e. The van der Waals surface area contributed by atoms with Crippen molar-refractivity contribution in [3.63, 3.8) is 0 Å². The van der Waals surface area contributed by atoms with Crippen molar-refractivity contribution in [2.75, 3.05) is 18.1 Å². The van der Waals surface area contributed by atoms with E-state index in [-0.39, 0.29) is 28.9 Å². The molecule has 0 saturated heterocycles. The first-order chi connectivity index (χ1) is 9.85. The van der Waals surface area contributed by atoms with E-state index in [4.69, 9.17) is 5.11 Å². The summed E-state index contributed by atoms with van der Waals surface area (Å²) >= 11 is 0. The maximum absolute atomic E-state index is 12.1. The first-order valence-electron chi connectivity index (χ1n) is 6.65. The highest BCUT2D eigenvalue weighted by Gasteiger charge is 2.30. The second-order valence-electron chi connectivity index (χ2n) is 4.84. The molecule has 1 saturated carbocycles. The van der Waals surface area contributed by atoms with Gasteiger partial charge in [0.05, 0.1) is 0 Å². The molecular formula is C12H18N2O5S2. The fourth-order valence-electron chi connectivity index (χ4n) is 1.94. The predicted molar refractivity (Wildman–Crippen MR) is 78.4 cm³/mol. The summed E-state index contributed by atoms with van der Waals surface area (Å²) in [6.07, 6.45) is 3.08. The SMILES string of the molecule is CCS(=O)CCNS(=O)(=O)c1cc(C(=O)O)n(C2CC2)c1. The molecule has 0 radical (unpaired) electrons. The number of hydrogen-bond donors (Lipinski definition) is 2. The molecule has 9 heteroatoms. The summed E-state index contributed by atoms with van der Waals surface area (Å²) in [5, 5.41) is 9.13. The van der Waals surface area contributed by atoms with Gasteiger partial charge in [-0.25, -0.2) is 17.9 Å². The second-order valence-corrected chi connectivity index (χ2v) is 8.47. The van der Waals surface area contributed by atoms with Gasteiger partial charge in [0.1, 0.15) is 10.6 Å². The fourth-order valence-corrected chi connectivity index (χ4v) is 3.75. The molecule has 7 nitrogen and oxygen atoms in total. The molecule has 0 aliphatic heterocycles. The summed E-state index contributed by atoms with van der Waals surface area (Å²) in [7, 11) is -4.82. The van der Waals surface area contributed by atoms with Crippen molar-refractivity contribution in [3.8, 4) is 0 Å². The normalized spacial score (nSPS) is 16.8. The smallest absolute Gasteiger partial charge is 0.352 e. The number of aromatic nitrogens is 1. The Hall–Kier alpha value is -1.19. The largest absolute Gasteiger partial charge is 0.477 e. The molecule has 2 rings (SSSR count). The van der Waals surface area contributed by atoms with Crippen molar-refractivity contribution in [2.24, 2.45) is 0 Å². The Bertz CT molecular complexity index is 661. The molecule has 0 aromatic carbocycles. The van der Waals surface area contributed by atoms with Crippen molar-refractivity contribution >= 4 is 26.8 Å². The third-order valence-electron chi connectivity index (χ3n) is 3.24. The molecule has 0 amide bonds. The molecule has 1 fully saturated rings. The highest BCUT2D eigenvalue weighted by Crippen LogP contribution is 2.37. The number of carboxylic acids is 1. The predicted octanol–water partition coefficient (Wildman–Crippen LogP) is 0.568. The number of hydrogen-bond acceptors (Lipinski definition) is 4. The van der Waals surface area contributed by atoms with Gasteiger partial charge < -0.3 is 9.67 Å².